The van der Waals surface area contributed by atoms with Gasteiger partial charge >= 0.3 is 0 Å². The van der Waals surface area contributed by atoms with Gasteiger partial charge in [-0.1, -0.05) is 29.8 Å². The number of hydrazone groups is 1. The van der Waals surface area contributed by atoms with Crippen molar-refractivity contribution in [1.29, 1.82) is 0 Å². The van der Waals surface area contributed by atoms with Gasteiger partial charge in [0.25, 0.3) is 5.91 Å². The highest BCUT2D eigenvalue weighted by Gasteiger charge is 2.34. The molecule has 1 aromatic heterocycles. The molecule has 4 nitrogen and oxygen atoms in total. The average Bonchev–Trinajstić information content (AvgIpc) is 3.16. The van der Waals surface area contributed by atoms with E-state index in [0.717, 1.165) is 17.0 Å². The third kappa shape index (κ3) is 2.72. The fourth-order valence-corrected chi connectivity index (χ4v) is 2.55. The summed E-state index contributed by atoms with van der Waals surface area (Å²) in [5.41, 5.74) is 3.07. The summed E-state index contributed by atoms with van der Waals surface area (Å²) >= 11 is 5.68. The Balaban J connectivity index is 1.93. The van der Waals surface area contributed by atoms with Crippen molar-refractivity contribution in [3.05, 3.63) is 59.5 Å². The number of benzene rings is 1. The Kier molecular flexibility index (Phi) is 3.80. The van der Waals surface area contributed by atoms with Gasteiger partial charge in [0.15, 0.2) is 0 Å². The van der Waals surface area contributed by atoms with E-state index in [-0.39, 0.29) is 17.8 Å². The Hall–Kier alpha value is -2.07. The zero-order chi connectivity index (χ0) is 14.8. The monoisotopic (exact) mass is 302 g/mol. The maximum atomic E-state index is 12.0. The van der Waals surface area contributed by atoms with Crippen molar-refractivity contribution in [3.8, 4) is 0 Å². The first-order valence-corrected chi connectivity index (χ1v) is 7.28. The van der Waals surface area contributed by atoms with Crippen LogP contribution in [0.5, 0.6) is 0 Å². The number of furan rings is 1. The molecule has 1 atom stereocenters. The van der Waals surface area contributed by atoms with E-state index in [1.165, 1.54) is 10.6 Å². The molecular weight excluding hydrogens is 288 g/mol. The van der Waals surface area contributed by atoms with Crippen molar-refractivity contribution in [2.24, 2.45) is 5.10 Å². The number of nitrogens with zero attached hydrogens (tertiary/aromatic N) is 2. The van der Waals surface area contributed by atoms with Gasteiger partial charge in [0.1, 0.15) is 17.7 Å². The lowest BCUT2D eigenvalue weighted by molar-refractivity contribution is -0.130. The quantitative estimate of drug-likeness (QED) is 0.815. The molecule has 1 aromatic carbocycles. The third-order valence-corrected chi connectivity index (χ3v) is 3.77. The first kappa shape index (κ1) is 13.9. The molecule has 2 heterocycles. The van der Waals surface area contributed by atoms with Crippen LogP contribution in [0.15, 0.2) is 52.2 Å². The second kappa shape index (κ2) is 5.74. The number of hydrogen-bond donors (Lipinski definition) is 0. The van der Waals surface area contributed by atoms with Gasteiger partial charge in [-0.15, -0.1) is 11.6 Å². The molecule has 0 saturated carbocycles. The summed E-state index contributed by atoms with van der Waals surface area (Å²) in [6, 6.07) is 11.5. The van der Waals surface area contributed by atoms with Crippen LogP contribution in [0.3, 0.4) is 0 Å². The Labute approximate surface area is 128 Å². The van der Waals surface area contributed by atoms with Crippen LogP contribution < -0.4 is 0 Å². The first-order valence-electron chi connectivity index (χ1n) is 6.75. The van der Waals surface area contributed by atoms with Crippen LogP contribution in [0.4, 0.5) is 0 Å². The van der Waals surface area contributed by atoms with Crippen LogP contribution >= 0.6 is 11.6 Å². The lowest BCUT2D eigenvalue weighted by Crippen LogP contribution is -2.27. The Bertz CT molecular complexity index is 662. The number of aryl methyl sites for hydroxylation is 1. The number of carbonyl (C=O) groups excluding carboxylic acids is 1. The summed E-state index contributed by atoms with van der Waals surface area (Å²) in [6.45, 7) is 2.04. The van der Waals surface area contributed by atoms with E-state index in [4.69, 9.17) is 16.0 Å². The van der Waals surface area contributed by atoms with E-state index in [2.05, 4.69) is 5.10 Å². The highest BCUT2D eigenvalue weighted by Crippen LogP contribution is 2.33. The fourth-order valence-electron chi connectivity index (χ4n) is 2.42. The summed E-state index contributed by atoms with van der Waals surface area (Å²) in [5, 5.41) is 5.88. The summed E-state index contributed by atoms with van der Waals surface area (Å²) < 4.78 is 5.44. The summed E-state index contributed by atoms with van der Waals surface area (Å²) in [6.07, 6.45) is 2.22. The highest BCUT2D eigenvalue weighted by atomic mass is 35.5. The minimum absolute atomic E-state index is 0.0954. The van der Waals surface area contributed by atoms with E-state index in [0.29, 0.717) is 6.42 Å². The van der Waals surface area contributed by atoms with Gasteiger partial charge < -0.3 is 4.42 Å². The van der Waals surface area contributed by atoms with Crippen molar-refractivity contribution in [2.75, 3.05) is 5.88 Å². The third-order valence-electron chi connectivity index (χ3n) is 3.54. The van der Waals surface area contributed by atoms with Gasteiger partial charge in [-0.2, -0.15) is 5.10 Å². The SMILES string of the molecule is Cc1ccc(C2=NN(C(=O)CCl)[C@@H](c3ccco3)C2)cc1. The molecule has 0 aliphatic carbocycles. The lowest BCUT2D eigenvalue weighted by Gasteiger charge is -2.18. The lowest BCUT2D eigenvalue weighted by atomic mass is 10.0. The van der Waals surface area contributed by atoms with Gasteiger partial charge in [0.05, 0.1) is 12.0 Å². The molecule has 1 aliphatic rings. The topological polar surface area (TPSA) is 45.8 Å². The molecular formula is C16H15ClN2O2. The fraction of sp³-hybridized carbons (Fsp3) is 0.250. The molecule has 0 N–H and O–H groups in total. The molecule has 21 heavy (non-hydrogen) atoms. The molecule has 0 unspecified atom stereocenters. The summed E-state index contributed by atoms with van der Waals surface area (Å²) in [4.78, 5) is 12.0. The largest absolute Gasteiger partial charge is 0.467 e. The zero-order valence-corrected chi connectivity index (χ0v) is 12.4. The van der Waals surface area contributed by atoms with Crippen molar-refractivity contribution < 1.29 is 9.21 Å². The first-order chi connectivity index (χ1) is 10.2. The molecule has 3 rings (SSSR count). The van der Waals surface area contributed by atoms with Gasteiger partial charge in [0.2, 0.25) is 0 Å². The number of alkyl halides is 1. The molecule has 0 radical (unpaired) electrons. The van der Waals surface area contributed by atoms with Crippen LogP contribution in [-0.2, 0) is 4.79 Å². The van der Waals surface area contributed by atoms with Gasteiger partial charge in [-0.3, -0.25) is 4.79 Å². The highest BCUT2D eigenvalue weighted by molar-refractivity contribution is 6.27. The van der Waals surface area contributed by atoms with E-state index in [1.54, 1.807) is 6.26 Å². The number of carbonyl (C=O) groups is 1. The van der Waals surface area contributed by atoms with Crippen LogP contribution in [0.2, 0.25) is 0 Å². The van der Waals surface area contributed by atoms with Gasteiger partial charge in [-0.05, 0) is 24.6 Å². The Morgan fingerprint density at radius 2 is 2.14 bits per heavy atom. The molecule has 0 fully saturated rings. The van der Waals surface area contributed by atoms with E-state index in [1.807, 2.05) is 43.3 Å². The number of hydrogen-bond acceptors (Lipinski definition) is 3. The normalized spacial score (nSPS) is 17.9. The minimum atomic E-state index is -0.222. The maximum Gasteiger partial charge on any atom is 0.258 e. The summed E-state index contributed by atoms with van der Waals surface area (Å²) in [5.74, 6) is 0.404. The molecule has 5 heteroatoms. The summed E-state index contributed by atoms with van der Waals surface area (Å²) in [7, 11) is 0. The number of halogens is 1. The van der Waals surface area contributed by atoms with Crippen molar-refractivity contribution in [3.63, 3.8) is 0 Å². The van der Waals surface area contributed by atoms with Gasteiger partial charge in [0, 0.05) is 6.42 Å². The van der Waals surface area contributed by atoms with E-state index < -0.39 is 0 Å². The van der Waals surface area contributed by atoms with Crippen LogP contribution in [0.1, 0.15) is 29.3 Å². The predicted octanol–water partition coefficient (Wildman–Crippen LogP) is 3.50. The van der Waals surface area contributed by atoms with Crippen molar-refractivity contribution in [1.82, 2.24) is 5.01 Å². The van der Waals surface area contributed by atoms with E-state index in [9.17, 15) is 4.79 Å². The second-order valence-corrected chi connectivity index (χ2v) is 5.29. The zero-order valence-electron chi connectivity index (χ0n) is 11.6. The van der Waals surface area contributed by atoms with E-state index >= 15 is 0 Å². The average molecular weight is 303 g/mol. The molecule has 0 saturated heterocycles. The molecule has 0 spiro atoms. The van der Waals surface area contributed by atoms with Crippen LogP contribution in [0.25, 0.3) is 0 Å². The molecule has 2 aromatic rings. The second-order valence-electron chi connectivity index (χ2n) is 5.02. The number of amides is 1. The Morgan fingerprint density at radius 3 is 2.76 bits per heavy atom. The van der Waals surface area contributed by atoms with Crippen LogP contribution in [0, 0.1) is 6.92 Å². The minimum Gasteiger partial charge on any atom is -0.467 e. The molecule has 1 amide bonds. The molecule has 0 bridgehead atoms. The predicted molar refractivity (Wildman–Crippen MR) is 81.3 cm³/mol. The molecule has 108 valence electrons. The maximum absolute atomic E-state index is 12.0. The number of rotatable bonds is 3. The Morgan fingerprint density at radius 1 is 1.38 bits per heavy atom. The smallest absolute Gasteiger partial charge is 0.258 e. The standard InChI is InChI=1S/C16H15ClN2O2/c1-11-4-6-12(7-5-11)13-9-14(15-3-2-8-21-15)19(18-13)16(20)10-17/h2-8,14H,9-10H2,1H3/t14-/m1/s1. The molecule has 1 aliphatic heterocycles. The van der Waals surface area contributed by atoms with Gasteiger partial charge in [-0.25, -0.2) is 5.01 Å². The van der Waals surface area contributed by atoms with Crippen LogP contribution in [-0.4, -0.2) is 22.5 Å². The van der Waals surface area contributed by atoms with Crippen molar-refractivity contribution in [2.45, 2.75) is 19.4 Å². The van der Waals surface area contributed by atoms with Crippen molar-refractivity contribution >= 4 is 23.2 Å².